The highest BCUT2D eigenvalue weighted by Gasteiger charge is 2.20. The minimum Gasteiger partial charge on any atom is -0.378 e. The Bertz CT molecular complexity index is 576. The molecular weight excluding hydrogens is 306 g/mol. The molecule has 4 nitrogen and oxygen atoms in total. The number of morpholine rings is 1. The number of halogens is 1. The van der Waals surface area contributed by atoms with Gasteiger partial charge in [-0.25, -0.2) is 4.98 Å². The van der Waals surface area contributed by atoms with Crippen molar-refractivity contribution in [2.45, 2.75) is 13.0 Å². The molecule has 0 radical (unpaired) electrons. The Hall–Kier alpha value is -1.17. The maximum atomic E-state index is 5.48. The molecule has 1 aliphatic heterocycles. The standard InChI is InChI=1S/C14H16BrN3O/c1-9-13(10-4-2-3-5-11(10)15)18-14(17-9)12-8-19-7-6-16-12/h2-5,12,16H,6-8H2,1H3,(H,17,18). The highest BCUT2D eigenvalue weighted by Crippen LogP contribution is 2.30. The van der Waals surface area contributed by atoms with E-state index in [1.165, 1.54) is 0 Å². The van der Waals surface area contributed by atoms with Crippen LogP contribution in [0.5, 0.6) is 0 Å². The molecule has 1 atom stereocenters. The second-order valence-electron chi connectivity index (χ2n) is 4.66. The average Bonchev–Trinajstić information content (AvgIpc) is 2.82. The first-order valence-corrected chi connectivity index (χ1v) is 7.17. The summed E-state index contributed by atoms with van der Waals surface area (Å²) in [5.41, 5.74) is 3.18. The van der Waals surface area contributed by atoms with E-state index in [4.69, 9.17) is 9.72 Å². The van der Waals surface area contributed by atoms with Crippen molar-refractivity contribution in [1.82, 2.24) is 15.3 Å². The lowest BCUT2D eigenvalue weighted by molar-refractivity contribution is 0.0745. The number of nitrogens with zero attached hydrogens (tertiary/aromatic N) is 1. The van der Waals surface area contributed by atoms with E-state index < -0.39 is 0 Å². The Balaban J connectivity index is 1.95. The van der Waals surface area contributed by atoms with Gasteiger partial charge in [-0.15, -0.1) is 0 Å². The van der Waals surface area contributed by atoms with Crippen LogP contribution in [-0.4, -0.2) is 29.7 Å². The molecule has 0 spiro atoms. The number of aromatic nitrogens is 2. The summed E-state index contributed by atoms with van der Waals surface area (Å²) in [6, 6.07) is 8.29. The highest BCUT2D eigenvalue weighted by molar-refractivity contribution is 9.10. The fourth-order valence-electron chi connectivity index (χ4n) is 2.31. The number of aromatic amines is 1. The molecule has 2 aromatic rings. The smallest absolute Gasteiger partial charge is 0.126 e. The summed E-state index contributed by atoms with van der Waals surface area (Å²) in [6.07, 6.45) is 0. The van der Waals surface area contributed by atoms with E-state index in [0.29, 0.717) is 6.61 Å². The van der Waals surface area contributed by atoms with Gasteiger partial charge in [-0.05, 0) is 13.0 Å². The Morgan fingerprint density at radius 2 is 2.21 bits per heavy atom. The molecule has 1 aromatic heterocycles. The van der Waals surface area contributed by atoms with E-state index in [0.717, 1.165) is 40.4 Å². The number of imidazole rings is 1. The number of rotatable bonds is 2. The molecule has 1 unspecified atom stereocenters. The lowest BCUT2D eigenvalue weighted by atomic mass is 10.1. The van der Waals surface area contributed by atoms with Crippen LogP contribution in [-0.2, 0) is 4.74 Å². The van der Waals surface area contributed by atoms with Gasteiger partial charge < -0.3 is 15.0 Å². The van der Waals surface area contributed by atoms with E-state index in [1.54, 1.807) is 0 Å². The van der Waals surface area contributed by atoms with Crippen LogP contribution in [0, 0.1) is 6.92 Å². The van der Waals surface area contributed by atoms with Crippen molar-refractivity contribution in [3.63, 3.8) is 0 Å². The minimum atomic E-state index is 0.156. The van der Waals surface area contributed by atoms with Gasteiger partial charge >= 0.3 is 0 Å². The lowest BCUT2D eigenvalue weighted by Gasteiger charge is -2.21. The predicted molar refractivity (Wildman–Crippen MR) is 78.0 cm³/mol. The van der Waals surface area contributed by atoms with Crippen LogP contribution in [0.25, 0.3) is 11.3 Å². The first-order valence-electron chi connectivity index (χ1n) is 6.38. The van der Waals surface area contributed by atoms with Crippen LogP contribution in [0.3, 0.4) is 0 Å². The Morgan fingerprint density at radius 1 is 1.37 bits per heavy atom. The number of benzene rings is 1. The van der Waals surface area contributed by atoms with Crippen molar-refractivity contribution >= 4 is 15.9 Å². The predicted octanol–water partition coefficient (Wildman–Crippen LogP) is 2.81. The van der Waals surface area contributed by atoms with E-state index in [9.17, 15) is 0 Å². The molecule has 3 rings (SSSR count). The van der Waals surface area contributed by atoms with Crippen LogP contribution in [0.15, 0.2) is 28.7 Å². The van der Waals surface area contributed by atoms with Crippen LogP contribution >= 0.6 is 15.9 Å². The molecule has 5 heteroatoms. The summed E-state index contributed by atoms with van der Waals surface area (Å²) in [6.45, 7) is 4.36. The van der Waals surface area contributed by atoms with Crippen LogP contribution in [0.1, 0.15) is 17.6 Å². The van der Waals surface area contributed by atoms with Gasteiger partial charge in [0.1, 0.15) is 5.82 Å². The monoisotopic (exact) mass is 321 g/mol. The zero-order valence-electron chi connectivity index (χ0n) is 10.7. The van der Waals surface area contributed by atoms with Gasteiger partial charge in [0.25, 0.3) is 0 Å². The van der Waals surface area contributed by atoms with Crippen molar-refractivity contribution in [3.8, 4) is 11.3 Å². The largest absolute Gasteiger partial charge is 0.378 e. The molecule has 1 fully saturated rings. The van der Waals surface area contributed by atoms with Crippen molar-refractivity contribution < 1.29 is 4.74 Å². The summed E-state index contributed by atoms with van der Waals surface area (Å²) >= 11 is 3.58. The van der Waals surface area contributed by atoms with Crippen molar-refractivity contribution in [2.24, 2.45) is 0 Å². The van der Waals surface area contributed by atoms with Crippen LogP contribution < -0.4 is 5.32 Å². The zero-order chi connectivity index (χ0) is 13.2. The summed E-state index contributed by atoms with van der Waals surface area (Å²) in [4.78, 5) is 8.10. The zero-order valence-corrected chi connectivity index (χ0v) is 12.3. The summed E-state index contributed by atoms with van der Waals surface area (Å²) in [5, 5.41) is 3.41. The molecule has 100 valence electrons. The second kappa shape index (κ2) is 5.45. The first-order chi connectivity index (χ1) is 9.25. The Kier molecular flexibility index (Phi) is 3.68. The fourth-order valence-corrected chi connectivity index (χ4v) is 2.78. The molecular formula is C14H16BrN3O. The van der Waals surface area contributed by atoms with Gasteiger partial charge in [-0.2, -0.15) is 0 Å². The van der Waals surface area contributed by atoms with E-state index in [2.05, 4.69) is 39.2 Å². The van der Waals surface area contributed by atoms with Gasteiger partial charge in [0.15, 0.2) is 0 Å². The lowest BCUT2D eigenvalue weighted by Crippen LogP contribution is -2.35. The summed E-state index contributed by atoms with van der Waals surface area (Å²) in [5.74, 6) is 0.947. The molecule has 0 saturated carbocycles. The minimum absolute atomic E-state index is 0.156. The van der Waals surface area contributed by atoms with Gasteiger partial charge in [0, 0.05) is 22.3 Å². The number of nitrogens with one attached hydrogen (secondary N) is 2. The molecule has 1 aromatic carbocycles. The van der Waals surface area contributed by atoms with Gasteiger partial charge in [0.2, 0.25) is 0 Å². The number of hydrogen-bond donors (Lipinski definition) is 2. The molecule has 19 heavy (non-hydrogen) atoms. The molecule has 1 saturated heterocycles. The normalized spacial score (nSPS) is 19.6. The third kappa shape index (κ3) is 2.59. The topological polar surface area (TPSA) is 49.9 Å². The second-order valence-corrected chi connectivity index (χ2v) is 5.51. The highest BCUT2D eigenvalue weighted by atomic mass is 79.9. The number of H-pyrrole nitrogens is 1. The van der Waals surface area contributed by atoms with Gasteiger partial charge in [-0.3, -0.25) is 0 Å². The molecule has 2 N–H and O–H groups in total. The maximum Gasteiger partial charge on any atom is 0.126 e. The molecule has 1 aliphatic rings. The van der Waals surface area contributed by atoms with Gasteiger partial charge in [0.05, 0.1) is 24.9 Å². The Morgan fingerprint density at radius 3 is 2.95 bits per heavy atom. The SMILES string of the molecule is Cc1[nH]c(C2COCCN2)nc1-c1ccccc1Br. The Labute approximate surface area is 120 Å². The molecule has 0 bridgehead atoms. The maximum absolute atomic E-state index is 5.48. The van der Waals surface area contributed by atoms with Crippen molar-refractivity contribution in [3.05, 3.63) is 40.3 Å². The molecule has 0 amide bonds. The van der Waals surface area contributed by atoms with E-state index in [-0.39, 0.29) is 6.04 Å². The first kappa shape index (κ1) is 12.8. The summed E-state index contributed by atoms with van der Waals surface area (Å²) in [7, 11) is 0. The molecule has 0 aliphatic carbocycles. The van der Waals surface area contributed by atoms with E-state index in [1.807, 2.05) is 18.2 Å². The summed E-state index contributed by atoms with van der Waals surface area (Å²) < 4.78 is 6.54. The number of hydrogen-bond acceptors (Lipinski definition) is 3. The average molecular weight is 322 g/mol. The number of aryl methyl sites for hydroxylation is 1. The third-order valence-corrected chi connectivity index (χ3v) is 3.98. The van der Waals surface area contributed by atoms with Gasteiger partial charge in [-0.1, -0.05) is 34.1 Å². The van der Waals surface area contributed by atoms with E-state index >= 15 is 0 Å². The number of ether oxygens (including phenoxy) is 1. The van der Waals surface area contributed by atoms with Crippen LogP contribution in [0.4, 0.5) is 0 Å². The fraction of sp³-hybridized carbons (Fsp3) is 0.357. The third-order valence-electron chi connectivity index (χ3n) is 3.28. The van der Waals surface area contributed by atoms with Crippen molar-refractivity contribution in [2.75, 3.05) is 19.8 Å². The molecule has 2 heterocycles. The quantitative estimate of drug-likeness (QED) is 0.894. The van der Waals surface area contributed by atoms with Crippen molar-refractivity contribution in [1.29, 1.82) is 0 Å². The van der Waals surface area contributed by atoms with Crippen LogP contribution in [0.2, 0.25) is 0 Å².